The molecule has 0 saturated heterocycles. The molecule has 0 amide bonds. The Balaban J connectivity index is 0. The van der Waals surface area contributed by atoms with E-state index >= 15 is 0 Å². The predicted octanol–water partition coefficient (Wildman–Crippen LogP) is 1.42. The molecular weight excluding hydrogens is 237 g/mol. The molecular formula is C8H22NO2PS2. The van der Waals surface area contributed by atoms with Gasteiger partial charge < -0.3 is 26.6 Å². The lowest BCUT2D eigenvalue weighted by atomic mass is 10.7. The Labute approximate surface area is 98.3 Å². The van der Waals surface area contributed by atoms with Crippen molar-refractivity contribution >= 4 is 29.7 Å². The van der Waals surface area contributed by atoms with Gasteiger partial charge in [-0.1, -0.05) is 11.8 Å². The summed E-state index contributed by atoms with van der Waals surface area (Å²) in [7, 11) is 0. The van der Waals surface area contributed by atoms with E-state index in [4.69, 9.17) is 33.1 Å². The van der Waals surface area contributed by atoms with Crippen molar-refractivity contribution in [1.29, 1.82) is 0 Å². The van der Waals surface area contributed by atoms with Gasteiger partial charge in [-0.05, 0) is 27.7 Å². The second-order valence-electron chi connectivity index (χ2n) is 2.39. The maximum absolute atomic E-state index is 4.99. The van der Waals surface area contributed by atoms with E-state index in [2.05, 4.69) is 19.2 Å². The molecule has 0 heterocycles. The van der Waals surface area contributed by atoms with Crippen molar-refractivity contribution in [1.82, 2.24) is 0 Å². The topological polar surface area (TPSA) is 35.1 Å². The Hall–Kier alpha value is 0.880. The molecule has 6 heteroatoms. The molecule has 0 aliphatic carbocycles. The van der Waals surface area contributed by atoms with Crippen LogP contribution in [0.3, 0.4) is 0 Å². The average Bonchev–Trinajstić information content (AvgIpc) is 2.06. The Morgan fingerprint density at radius 1 is 1.07 bits per heavy atom. The molecule has 88 valence electrons. The molecule has 0 aliphatic heterocycles. The van der Waals surface area contributed by atoms with Crippen LogP contribution < -0.4 is 5.32 Å². The van der Waals surface area contributed by atoms with Crippen LogP contribution in [0.15, 0.2) is 0 Å². The molecule has 2 N–H and O–H groups in total. The number of rotatable bonds is 6. The highest BCUT2D eigenvalue weighted by molar-refractivity contribution is 8.51. The van der Waals surface area contributed by atoms with Gasteiger partial charge in [0, 0.05) is 13.2 Å². The largest absolute Gasteiger partial charge is 0.691 e. The highest BCUT2D eigenvalue weighted by Gasteiger charge is 1.95. The van der Waals surface area contributed by atoms with E-state index in [1.807, 2.05) is 13.8 Å². The minimum absolute atomic E-state index is 0.542. The minimum atomic E-state index is -2.28. The second-order valence-corrected chi connectivity index (χ2v) is 7.38. The summed E-state index contributed by atoms with van der Waals surface area (Å²) >= 11 is 9.65. The van der Waals surface area contributed by atoms with Crippen LogP contribution >= 0.6 is 5.69 Å². The lowest BCUT2D eigenvalue weighted by Gasteiger charge is -2.26. The maximum atomic E-state index is 4.99. The average molecular weight is 259 g/mol. The third-order valence-electron chi connectivity index (χ3n) is 1.15. The van der Waals surface area contributed by atoms with E-state index in [-0.39, 0.29) is 0 Å². The van der Waals surface area contributed by atoms with Crippen LogP contribution in [0.2, 0.25) is 0 Å². The van der Waals surface area contributed by atoms with Crippen LogP contribution in [-0.2, 0) is 33.1 Å². The fourth-order valence-corrected chi connectivity index (χ4v) is 2.61. The van der Waals surface area contributed by atoms with Gasteiger partial charge in [0.15, 0.2) is 0 Å². The molecule has 0 aromatic carbocycles. The van der Waals surface area contributed by atoms with Gasteiger partial charge in [-0.15, -0.1) is 0 Å². The van der Waals surface area contributed by atoms with Crippen LogP contribution in [0.4, 0.5) is 0 Å². The van der Waals surface area contributed by atoms with Crippen molar-refractivity contribution in [3.8, 4) is 0 Å². The number of hydrogen-bond donors (Lipinski definition) is 1. The summed E-state index contributed by atoms with van der Waals surface area (Å²) in [6.07, 6.45) is 0. The zero-order valence-corrected chi connectivity index (χ0v) is 12.0. The second kappa shape index (κ2) is 12.0. The first-order valence-electron chi connectivity index (χ1n) is 4.95. The first-order valence-corrected chi connectivity index (χ1v) is 8.60. The molecule has 3 nitrogen and oxygen atoms in total. The van der Waals surface area contributed by atoms with Gasteiger partial charge in [0.2, 0.25) is 0 Å². The first-order chi connectivity index (χ1) is 6.54. The number of quaternary nitrogens is 1. The van der Waals surface area contributed by atoms with E-state index in [1.165, 1.54) is 13.1 Å². The van der Waals surface area contributed by atoms with E-state index in [1.54, 1.807) is 0 Å². The van der Waals surface area contributed by atoms with Crippen LogP contribution in [0.25, 0.3) is 0 Å². The van der Waals surface area contributed by atoms with Gasteiger partial charge in [0.25, 0.3) is 0 Å². The molecule has 0 rings (SSSR count). The van der Waals surface area contributed by atoms with Gasteiger partial charge in [-0.2, -0.15) is 0 Å². The molecule has 0 saturated carbocycles. The summed E-state index contributed by atoms with van der Waals surface area (Å²) in [5.41, 5.74) is -2.28. The first kappa shape index (κ1) is 17.3. The lowest BCUT2D eigenvalue weighted by Crippen LogP contribution is -2.82. The lowest BCUT2D eigenvalue weighted by molar-refractivity contribution is -0.648. The highest BCUT2D eigenvalue weighted by Crippen LogP contribution is 2.45. The van der Waals surface area contributed by atoms with E-state index in [0.717, 1.165) is 0 Å². The molecule has 0 radical (unpaired) electrons. The van der Waals surface area contributed by atoms with Gasteiger partial charge in [-0.25, -0.2) is 0 Å². The van der Waals surface area contributed by atoms with E-state index < -0.39 is 5.69 Å². The van der Waals surface area contributed by atoms with E-state index in [0.29, 0.717) is 13.2 Å². The van der Waals surface area contributed by atoms with Crippen LogP contribution in [0.1, 0.15) is 27.7 Å². The molecule has 0 atom stereocenters. The van der Waals surface area contributed by atoms with Crippen molar-refractivity contribution in [2.45, 2.75) is 27.7 Å². The minimum Gasteiger partial charge on any atom is -0.691 e. The van der Waals surface area contributed by atoms with Crippen LogP contribution in [0.5, 0.6) is 0 Å². The summed E-state index contributed by atoms with van der Waals surface area (Å²) in [5.74, 6) is 0. The standard InChI is InChI=1S/C4H11N.C4H11O2PS2/c1-3-5-4-2;1-3-5-7(8,9)6-4-2/h5H,3-4H2,1-2H3;3-4H2,1-2H3,(H,8,9). The fourth-order valence-electron chi connectivity index (χ4n) is 0.642. The van der Waals surface area contributed by atoms with Crippen molar-refractivity contribution in [3.63, 3.8) is 0 Å². The molecule has 14 heavy (non-hydrogen) atoms. The fraction of sp³-hybridized carbons (Fsp3) is 1.00. The van der Waals surface area contributed by atoms with Gasteiger partial charge in [-0.3, -0.25) is 0 Å². The Kier molecular flexibility index (Phi) is 14.8. The van der Waals surface area contributed by atoms with Crippen molar-refractivity contribution in [3.05, 3.63) is 0 Å². The van der Waals surface area contributed by atoms with Crippen molar-refractivity contribution < 1.29 is 14.4 Å². The summed E-state index contributed by atoms with van der Waals surface area (Å²) in [5, 5.41) is 2.25. The third kappa shape index (κ3) is 15.4. The molecule has 0 spiro atoms. The van der Waals surface area contributed by atoms with Crippen molar-refractivity contribution in [2.24, 2.45) is 0 Å². The van der Waals surface area contributed by atoms with Crippen LogP contribution in [-0.4, -0.2) is 26.3 Å². The van der Waals surface area contributed by atoms with Gasteiger partial charge in [0.05, 0.1) is 18.8 Å². The summed E-state index contributed by atoms with van der Waals surface area (Å²) < 4.78 is 9.98. The Bertz CT molecular complexity index is 146. The smallest absolute Gasteiger partial charge is 0.0726 e. The monoisotopic (exact) mass is 259 g/mol. The van der Waals surface area contributed by atoms with Gasteiger partial charge >= 0.3 is 0 Å². The summed E-state index contributed by atoms with van der Waals surface area (Å²) in [6, 6.07) is 0. The predicted molar refractivity (Wildman–Crippen MR) is 67.9 cm³/mol. The van der Waals surface area contributed by atoms with Crippen molar-refractivity contribution in [2.75, 3.05) is 26.3 Å². The molecule has 0 aliphatic rings. The third-order valence-corrected chi connectivity index (χ3v) is 3.57. The number of hydrogen-bond acceptors (Lipinski definition) is 4. The van der Waals surface area contributed by atoms with E-state index in [9.17, 15) is 0 Å². The molecule has 0 fully saturated rings. The number of nitrogens with two attached hydrogens (primary N) is 1. The highest BCUT2D eigenvalue weighted by atomic mass is 32.9. The summed E-state index contributed by atoms with van der Waals surface area (Å²) in [6.45, 7) is 11.5. The normalized spacial score (nSPS) is 10.6. The zero-order chi connectivity index (χ0) is 11.4. The Morgan fingerprint density at radius 2 is 1.43 bits per heavy atom. The molecule has 0 bridgehead atoms. The summed E-state index contributed by atoms with van der Waals surface area (Å²) in [4.78, 5) is 0. The van der Waals surface area contributed by atoms with Gasteiger partial charge in [0.1, 0.15) is 0 Å². The zero-order valence-electron chi connectivity index (χ0n) is 9.49. The quantitative estimate of drug-likeness (QED) is 0.578. The molecule has 0 aromatic heterocycles. The molecule has 0 aromatic rings. The SMILES string of the molecule is CCOP(=S)([S-])OCC.CC[NH2+]CC. The molecule has 0 unspecified atom stereocenters. The Morgan fingerprint density at radius 3 is 1.57 bits per heavy atom. The maximum Gasteiger partial charge on any atom is 0.0726 e. The van der Waals surface area contributed by atoms with Crippen LogP contribution in [0, 0.1) is 0 Å².